The maximum absolute atomic E-state index is 2.52. The molecule has 1 aliphatic carbocycles. The Bertz CT molecular complexity index is 583. The first-order valence-corrected chi connectivity index (χ1v) is 7.87. The highest BCUT2D eigenvalue weighted by atomic mass is 15.1. The number of anilines is 1. The van der Waals surface area contributed by atoms with Crippen LogP contribution in [-0.4, -0.2) is 13.1 Å². The number of pyridine rings is 1. The number of benzene rings is 1. The van der Waals surface area contributed by atoms with Gasteiger partial charge < -0.3 is 4.90 Å². The van der Waals surface area contributed by atoms with Crippen LogP contribution in [0.5, 0.6) is 0 Å². The summed E-state index contributed by atoms with van der Waals surface area (Å²) in [4.78, 5) is 2.52. The smallest absolute Gasteiger partial charge is 0.214 e. The van der Waals surface area contributed by atoms with Gasteiger partial charge in [-0.2, -0.15) is 0 Å². The monoisotopic (exact) mass is 269 g/mol. The minimum absolute atomic E-state index is 0.702. The number of aromatic nitrogens is 1. The zero-order valence-corrected chi connectivity index (χ0v) is 12.7. The van der Waals surface area contributed by atoms with Crippen LogP contribution in [0.2, 0.25) is 0 Å². The minimum atomic E-state index is 0.702. The van der Waals surface area contributed by atoms with Crippen LogP contribution in [-0.2, 0) is 7.05 Å². The number of hydrogen-bond donors (Lipinski definition) is 0. The maximum Gasteiger partial charge on any atom is 0.214 e. The Kier molecular flexibility index (Phi) is 3.90. The maximum atomic E-state index is 2.52. The number of hydrogen-bond acceptors (Lipinski definition) is 1. The van der Waals surface area contributed by atoms with Crippen molar-refractivity contribution in [3.05, 3.63) is 36.5 Å². The lowest BCUT2D eigenvalue weighted by Crippen LogP contribution is -2.34. The van der Waals surface area contributed by atoms with Gasteiger partial charge in [-0.15, -0.1) is 0 Å². The van der Waals surface area contributed by atoms with Crippen molar-refractivity contribution in [1.29, 1.82) is 0 Å². The average molecular weight is 269 g/mol. The Morgan fingerprint density at radius 3 is 2.45 bits per heavy atom. The van der Waals surface area contributed by atoms with E-state index >= 15 is 0 Å². The van der Waals surface area contributed by atoms with Crippen LogP contribution in [0.1, 0.15) is 38.5 Å². The van der Waals surface area contributed by atoms with Crippen LogP contribution in [0.25, 0.3) is 10.9 Å². The van der Waals surface area contributed by atoms with Crippen LogP contribution < -0.4 is 9.47 Å². The van der Waals surface area contributed by atoms with Gasteiger partial charge in [-0.25, -0.2) is 4.57 Å². The molecule has 0 spiro atoms. The van der Waals surface area contributed by atoms with Crippen LogP contribution >= 0.6 is 0 Å². The summed E-state index contributed by atoms with van der Waals surface area (Å²) in [6.07, 6.45) is 10.5. The molecule has 1 saturated carbocycles. The van der Waals surface area contributed by atoms with E-state index in [4.69, 9.17) is 0 Å². The quantitative estimate of drug-likeness (QED) is 0.594. The van der Waals surface area contributed by atoms with E-state index in [-0.39, 0.29) is 0 Å². The Balaban J connectivity index is 1.98. The molecule has 0 saturated heterocycles. The van der Waals surface area contributed by atoms with Crippen molar-refractivity contribution in [2.45, 2.75) is 44.6 Å². The topological polar surface area (TPSA) is 7.12 Å². The standard InChI is InChI=1S/C18H25N2/c1-19-14-13-18(16-11-7-8-12-17(16)19)20(2)15-9-5-3-4-6-10-15/h7-8,11-15H,3-6,9-10H2,1-2H3/q+1. The molecule has 1 aromatic carbocycles. The summed E-state index contributed by atoms with van der Waals surface area (Å²) in [5.74, 6) is 0. The molecule has 0 amide bonds. The predicted octanol–water partition coefficient (Wildman–Crippen LogP) is 3.82. The van der Waals surface area contributed by atoms with Gasteiger partial charge in [0, 0.05) is 25.2 Å². The summed E-state index contributed by atoms with van der Waals surface area (Å²) < 4.78 is 2.21. The molecule has 1 aliphatic rings. The van der Waals surface area contributed by atoms with Gasteiger partial charge in [0.25, 0.3) is 0 Å². The summed E-state index contributed by atoms with van der Waals surface area (Å²) in [7, 11) is 4.40. The van der Waals surface area contributed by atoms with Gasteiger partial charge in [0.1, 0.15) is 7.05 Å². The molecule has 0 N–H and O–H groups in total. The highest BCUT2D eigenvalue weighted by Gasteiger charge is 2.20. The van der Waals surface area contributed by atoms with Crippen molar-refractivity contribution in [3.8, 4) is 0 Å². The largest absolute Gasteiger partial charge is 0.371 e. The first kappa shape index (κ1) is 13.4. The van der Waals surface area contributed by atoms with Gasteiger partial charge in [-0.05, 0) is 18.9 Å². The molecular formula is C18H25N2+. The van der Waals surface area contributed by atoms with Crippen molar-refractivity contribution >= 4 is 16.6 Å². The molecular weight excluding hydrogens is 244 g/mol. The Morgan fingerprint density at radius 1 is 1.00 bits per heavy atom. The number of nitrogens with zero attached hydrogens (tertiary/aromatic N) is 2. The minimum Gasteiger partial charge on any atom is -0.371 e. The number of rotatable bonds is 2. The van der Waals surface area contributed by atoms with Crippen molar-refractivity contribution in [2.75, 3.05) is 11.9 Å². The van der Waals surface area contributed by atoms with E-state index in [1.54, 1.807) is 0 Å². The number of aryl methyl sites for hydroxylation is 1. The second kappa shape index (κ2) is 5.82. The Labute approximate surface area is 122 Å². The third-order valence-corrected chi connectivity index (χ3v) is 4.77. The molecule has 1 fully saturated rings. The third-order valence-electron chi connectivity index (χ3n) is 4.77. The van der Waals surface area contributed by atoms with Crippen molar-refractivity contribution in [2.24, 2.45) is 7.05 Å². The second-order valence-electron chi connectivity index (χ2n) is 6.09. The summed E-state index contributed by atoms with van der Waals surface area (Å²) >= 11 is 0. The van der Waals surface area contributed by atoms with E-state index in [0.29, 0.717) is 6.04 Å². The molecule has 1 heterocycles. The van der Waals surface area contributed by atoms with E-state index in [0.717, 1.165) is 0 Å². The van der Waals surface area contributed by atoms with Crippen LogP contribution in [0.4, 0.5) is 5.69 Å². The van der Waals surface area contributed by atoms with Gasteiger partial charge in [-0.3, -0.25) is 0 Å². The molecule has 3 rings (SSSR count). The molecule has 2 aromatic rings. The van der Waals surface area contributed by atoms with E-state index in [9.17, 15) is 0 Å². The van der Waals surface area contributed by atoms with Gasteiger partial charge in [0.2, 0.25) is 5.52 Å². The van der Waals surface area contributed by atoms with Gasteiger partial charge >= 0.3 is 0 Å². The molecule has 2 nitrogen and oxygen atoms in total. The van der Waals surface area contributed by atoms with Crippen LogP contribution in [0.15, 0.2) is 36.5 Å². The molecule has 1 aromatic heterocycles. The molecule has 0 radical (unpaired) electrons. The zero-order valence-electron chi connectivity index (χ0n) is 12.7. The molecule has 106 valence electrons. The number of fused-ring (bicyclic) bond motifs is 1. The Hall–Kier alpha value is -1.57. The lowest BCUT2D eigenvalue weighted by atomic mass is 10.1. The summed E-state index contributed by atoms with van der Waals surface area (Å²) in [6.45, 7) is 0. The first-order chi connectivity index (χ1) is 9.77. The summed E-state index contributed by atoms with van der Waals surface area (Å²) in [6, 6.07) is 11.7. The van der Waals surface area contributed by atoms with E-state index in [2.05, 4.69) is 60.1 Å². The highest BCUT2D eigenvalue weighted by Crippen LogP contribution is 2.29. The first-order valence-electron chi connectivity index (χ1n) is 7.87. The lowest BCUT2D eigenvalue weighted by Gasteiger charge is -2.29. The van der Waals surface area contributed by atoms with Gasteiger partial charge in [0.05, 0.1) is 11.1 Å². The molecule has 0 unspecified atom stereocenters. The zero-order chi connectivity index (χ0) is 13.9. The lowest BCUT2D eigenvalue weighted by molar-refractivity contribution is -0.644. The third kappa shape index (κ3) is 2.52. The fourth-order valence-electron chi connectivity index (χ4n) is 3.50. The van der Waals surface area contributed by atoms with Crippen molar-refractivity contribution in [1.82, 2.24) is 0 Å². The van der Waals surface area contributed by atoms with Gasteiger partial charge in [0.15, 0.2) is 6.20 Å². The molecule has 0 atom stereocenters. The SMILES string of the molecule is CN(c1cc[n+](C)c2ccccc12)C1CCCCCC1. The fourth-order valence-corrected chi connectivity index (χ4v) is 3.50. The average Bonchev–Trinajstić information content (AvgIpc) is 2.76. The summed E-state index contributed by atoms with van der Waals surface area (Å²) in [5, 5.41) is 1.37. The van der Waals surface area contributed by atoms with Crippen molar-refractivity contribution in [3.63, 3.8) is 0 Å². The molecule has 0 bridgehead atoms. The normalized spacial score (nSPS) is 17.1. The van der Waals surface area contributed by atoms with Crippen molar-refractivity contribution < 1.29 is 4.57 Å². The second-order valence-corrected chi connectivity index (χ2v) is 6.09. The van der Waals surface area contributed by atoms with Crippen LogP contribution in [0.3, 0.4) is 0 Å². The fraction of sp³-hybridized carbons (Fsp3) is 0.500. The van der Waals surface area contributed by atoms with Crippen LogP contribution in [0, 0.1) is 0 Å². The van der Waals surface area contributed by atoms with E-state index in [1.165, 1.54) is 55.1 Å². The molecule has 20 heavy (non-hydrogen) atoms. The summed E-state index contributed by atoms with van der Waals surface area (Å²) in [5.41, 5.74) is 2.69. The Morgan fingerprint density at radius 2 is 1.70 bits per heavy atom. The predicted molar refractivity (Wildman–Crippen MR) is 85.0 cm³/mol. The molecule has 2 heteroatoms. The number of para-hydroxylation sites is 1. The van der Waals surface area contributed by atoms with Gasteiger partial charge in [-0.1, -0.05) is 37.8 Å². The highest BCUT2D eigenvalue weighted by molar-refractivity contribution is 5.89. The molecule has 0 aliphatic heterocycles. The van der Waals surface area contributed by atoms with E-state index in [1.807, 2.05) is 0 Å². The van der Waals surface area contributed by atoms with E-state index < -0.39 is 0 Å².